The Labute approximate surface area is 131 Å². The smallest absolute Gasteiger partial charge is 0.328 e. The van der Waals surface area contributed by atoms with Crippen LogP contribution in [0.15, 0.2) is 24.3 Å². The lowest BCUT2D eigenvalue weighted by Crippen LogP contribution is -2.27. The number of halogens is 1. The van der Waals surface area contributed by atoms with Crippen molar-refractivity contribution in [3.8, 4) is 0 Å². The van der Waals surface area contributed by atoms with Crippen LogP contribution in [-0.4, -0.2) is 49.7 Å². The second-order valence-corrected chi connectivity index (χ2v) is 5.55. The number of hydrogen-bond donors (Lipinski definition) is 1. The summed E-state index contributed by atoms with van der Waals surface area (Å²) in [4.78, 5) is 15.1. The number of benzene rings is 1. The zero-order chi connectivity index (χ0) is 15.8. The molecule has 1 rings (SSSR count). The summed E-state index contributed by atoms with van der Waals surface area (Å²) in [7, 11) is 4.11. The minimum Gasteiger partial charge on any atom is -0.478 e. The first-order valence-electron chi connectivity index (χ1n) is 7.04. The van der Waals surface area contributed by atoms with Crippen molar-refractivity contribution in [1.82, 2.24) is 4.90 Å². The van der Waals surface area contributed by atoms with Crippen LogP contribution < -0.4 is 4.90 Å². The maximum Gasteiger partial charge on any atom is 0.328 e. The van der Waals surface area contributed by atoms with Gasteiger partial charge in [-0.05, 0) is 63.8 Å². The van der Waals surface area contributed by atoms with E-state index in [0.717, 1.165) is 43.4 Å². The lowest BCUT2D eigenvalue weighted by Gasteiger charge is -2.26. The number of anilines is 1. The highest BCUT2D eigenvalue weighted by molar-refractivity contribution is 6.30. The summed E-state index contributed by atoms with van der Waals surface area (Å²) in [6.45, 7) is 4.90. The van der Waals surface area contributed by atoms with Crippen LogP contribution in [0.25, 0.3) is 6.08 Å². The summed E-state index contributed by atoms with van der Waals surface area (Å²) >= 11 is 6.02. The van der Waals surface area contributed by atoms with Crippen LogP contribution in [0, 0.1) is 0 Å². The van der Waals surface area contributed by atoms with Gasteiger partial charge in [0.25, 0.3) is 0 Å². The lowest BCUT2D eigenvalue weighted by molar-refractivity contribution is -0.131. The molecular weight excluding hydrogens is 288 g/mol. The largest absolute Gasteiger partial charge is 0.478 e. The molecule has 1 aromatic rings. The van der Waals surface area contributed by atoms with Crippen LogP contribution in [0.3, 0.4) is 0 Å². The van der Waals surface area contributed by atoms with E-state index in [1.54, 1.807) is 12.1 Å². The van der Waals surface area contributed by atoms with Gasteiger partial charge in [0.05, 0.1) is 0 Å². The summed E-state index contributed by atoms with van der Waals surface area (Å²) in [5, 5.41) is 9.40. The Morgan fingerprint density at radius 3 is 2.62 bits per heavy atom. The van der Waals surface area contributed by atoms with Gasteiger partial charge in [0, 0.05) is 29.9 Å². The highest BCUT2D eigenvalue weighted by Gasteiger charge is 2.09. The fraction of sp³-hybridized carbons (Fsp3) is 0.438. The van der Waals surface area contributed by atoms with Gasteiger partial charge < -0.3 is 14.9 Å². The molecule has 0 aliphatic carbocycles. The van der Waals surface area contributed by atoms with E-state index in [0.29, 0.717) is 5.02 Å². The first-order chi connectivity index (χ1) is 9.93. The topological polar surface area (TPSA) is 43.8 Å². The number of carboxylic acids is 1. The zero-order valence-electron chi connectivity index (χ0n) is 12.8. The Morgan fingerprint density at radius 2 is 2.05 bits per heavy atom. The van der Waals surface area contributed by atoms with Crippen molar-refractivity contribution in [3.63, 3.8) is 0 Å². The molecule has 0 saturated carbocycles. The van der Waals surface area contributed by atoms with Crippen LogP contribution in [-0.2, 0) is 4.79 Å². The van der Waals surface area contributed by atoms with Gasteiger partial charge in [-0.15, -0.1) is 0 Å². The van der Waals surface area contributed by atoms with Gasteiger partial charge in [-0.25, -0.2) is 4.79 Å². The van der Waals surface area contributed by atoms with Gasteiger partial charge >= 0.3 is 5.97 Å². The van der Waals surface area contributed by atoms with Crippen LogP contribution in [0.5, 0.6) is 0 Å². The molecule has 0 saturated heterocycles. The fourth-order valence-electron chi connectivity index (χ4n) is 2.13. The Bertz CT molecular complexity index is 501. The molecule has 1 aromatic carbocycles. The molecule has 0 atom stereocenters. The van der Waals surface area contributed by atoms with Gasteiger partial charge in [0.15, 0.2) is 0 Å². The third-order valence-electron chi connectivity index (χ3n) is 3.15. The summed E-state index contributed by atoms with van der Waals surface area (Å²) in [6.07, 6.45) is 3.78. The SMILES string of the molecule is CCN(CCCN(C)C)c1ccc(Cl)cc1/C=C/C(=O)O. The molecule has 1 N–H and O–H groups in total. The molecule has 21 heavy (non-hydrogen) atoms. The minimum atomic E-state index is -0.961. The molecule has 0 amide bonds. The monoisotopic (exact) mass is 310 g/mol. The minimum absolute atomic E-state index is 0.605. The van der Waals surface area contributed by atoms with Gasteiger partial charge in [0.2, 0.25) is 0 Å². The van der Waals surface area contributed by atoms with Gasteiger partial charge in [-0.1, -0.05) is 11.6 Å². The molecule has 5 heteroatoms. The van der Waals surface area contributed by atoms with E-state index in [4.69, 9.17) is 16.7 Å². The number of carbonyl (C=O) groups is 1. The van der Waals surface area contributed by atoms with E-state index in [9.17, 15) is 4.79 Å². The highest BCUT2D eigenvalue weighted by atomic mass is 35.5. The average Bonchev–Trinajstić information content (AvgIpc) is 2.42. The Morgan fingerprint density at radius 1 is 1.33 bits per heavy atom. The molecule has 0 fully saturated rings. The summed E-state index contributed by atoms with van der Waals surface area (Å²) in [6, 6.07) is 5.58. The third kappa shape index (κ3) is 6.19. The normalized spacial score (nSPS) is 11.3. The van der Waals surface area contributed by atoms with Crippen molar-refractivity contribution in [2.24, 2.45) is 0 Å². The molecule has 0 radical (unpaired) electrons. The Kier molecular flexibility index (Phi) is 7.26. The predicted molar refractivity (Wildman–Crippen MR) is 89.2 cm³/mol. The molecule has 0 spiro atoms. The first kappa shape index (κ1) is 17.5. The molecule has 0 unspecified atom stereocenters. The molecule has 116 valence electrons. The van der Waals surface area contributed by atoms with Crippen molar-refractivity contribution in [1.29, 1.82) is 0 Å². The van der Waals surface area contributed by atoms with Crippen molar-refractivity contribution >= 4 is 29.3 Å². The van der Waals surface area contributed by atoms with E-state index >= 15 is 0 Å². The molecule has 0 aliphatic rings. The van der Waals surface area contributed by atoms with E-state index in [1.165, 1.54) is 0 Å². The third-order valence-corrected chi connectivity index (χ3v) is 3.39. The van der Waals surface area contributed by atoms with Crippen molar-refractivity contribution < 1.29 is 9.90 Å². The summed E-state index contributed by atoms with van der Waals surface area (Å²) < 4.78 is 0. The summed E-state index contributed by atoms with van der Waals surface area (Å²) in [5.41, 5.74) is 1.84. The molecule has 0 heterocycles. The van der Waals surface area contributed by atoms with E-state index in [-0.39, 0.29) is 0 Å². The van der Waals surface area contributed by atoms with Crippen molar-refractivity contribution in [2.75, 3.05) is 38.6 Å². The Hall–Kier alpha value is -1.52. The van der Waals surface area contributed by atoms with E-state index < -0.39 is 5.97 Å². The number of rotatable bonds is 8. The van der Waals surface area contributed by atoms with Crippen LogP contribution >= 0.6 is 11.6 Å². The van der Waals surface area contributed by atoms with E-state index in [2.05, 4.69) is 30.8 Å². The maximum atomic E-state index is 10.7. The quantitative estimate of drug-likeness (QED) is 0.749. The zero-order valence-corrected chi connectivity index (χ0v) is 13.6. The van der Waals surface area contributed by atoms with Crippen LogP contribution in [0.1, 0.15) is 18.9 Å². The average molecular weight is 311 g/mol. The molecule has 0 aromatic heterocycles. The lowest BCUT2D eigenvalue weighted by atomic mass is 10.1. The van der Waals surface area contributed by atoms with Gasteiger partial charge in [-0.2, -0.15) is 0 Å². The van der Waals surface area contributed by atoms with Crippen LogP contribution in [0.2, 0.25) is 5.02 Å². The predicted octanol–water partition coefficient (Wildman–Crippen LogP) is 3.22. The first-order valence-corrected chi connectivity index (χ1v) is 7.42. The van der Waals surface area contributed by atoms with Crippen LogP contribution in [0.4, 0.5) is 5.69 Å². The fourth-order valence-corrected chi connectivity index (χ4v) is 2.32. The second kappa shape index (κ2) is 8.70. The number of carboxylic acid groups (broad SMARTS) is 1. The van der Waals surface area contributed by atoms with Gasteiger partial charge in [0.1, 0.15) is 0 Å². The number of nitrogens with zero attached hydrogens (tertiary/aromatic N) is 2. The molecule has 4 nitrogen and oxygen atoms in total. The molecule has 0 bridgehead atoms. The molecular formula is C16H23ClN2O2. The van der Waals surface area contributed by atoms with Crippen molar-refractivity contribution in [3.05, 3.63) is 34.9 Å². The standard InChI is InChI=1S/C16H23ClN2O2/c1-4-19(11-5-10-18(2)3)15-8-7-14(17)12-13(15)6-9-16(20)21/h6-9,12H,4-5,10-11H2,1-3H3,(H,20,21)/b9-6+. The number of hydrogen-bond acceptors (Lipinski definition) is 3. The molecule has 0 aliphatic heterocycles. The summed E-state index contributed by atoms with van der Waals surface area (Å²) in [5.74, 6) is -0.961. The van der Waals surface area contributed by atoms with Gasteiger partial charge in [-0.3, -0.25) is 0 Å². The highest BCUT2D eigenvalue weighted by Crippen LogP contribution is 2.26. The maximum absolute atomic E-state index is 10.7. The number of aliphatic carboxylic acids is 1. The van der Waals surface area contributed by atoms with E-state index in [1.807, 2.05) is 12.1 Å². The Balaban J connectivity index is 2.94. The van der Waals surface area contributed by atoms with Crippen molar-refractivity contribution in [2.45, 2.75) is 13.3 Å². The second-order valence-electron chi connectivity index (χ2n) is 5.11.